The molecule has 1 aromatic rings. The van der Waals surface area contributed by atoms with Crippen LogP contribution in [0, 0.1) is 5.92 Å². The summed E-state index contributed by atoms with van der Waals surface area (Å²) in [6.07, 6.45) is 3.22. The number of likely N-dealkylation sites (tertiary alicyclic amines) is 1. The zero-order chi connectivity index (χ0) is 17.7. The highest BCUT2D eigenvalue weighted by Crippen LogP contribution is 2.21. The molecule has 7 heteroatoms. The van der Waals surface area contributed by atoms with Crippen LogP contribution in [0.5, 0.6) is 5.75 Å². The lowest BCUT2D eigenvalue weighted by molar-refractivity contribution is -0.133. The summed E-state index contributed by atoms with van der Waals surface area (Å²) in [4.78, 5) is 14.3. The largest absolute Gasteiger partial charge is 0.496 e. The number of hydrogen-bond donors (Lipinski definition) is 0. The molecule has 1 aromatic carbocycles. The number of piperidine rings is 1. The Morgan fingerprint density at radius 1 is 1.38 bits per heavy atom. The van der Waals surface area contributed by atoms with Crippen LogP contribution in [0.1, 0.15) is 25.3 Å². The predicted octanol–water partition coefficient (Wildman–Crippen LogP) is 1.72. The van der Waals surface area contributed by atoms with Crippen LogP contribution in [-0.4, -0.2) is 56.5 Å². The van der Waals surface area contributed by atoms with Gasteiger partial charge in [-0.25, -0.2) is 8.42 Å². The summed E-state index contributed by atoms with van der Waals surface area (Å²) in [6.45, 7) is 3.50. The molecule has 0 aliphatic carbocycles. The van der Waals surface area contributed by atoms with E-state index in [1.807, 2.05) is 18.2 Å². The first-order valence-electron chi connectivity index (χ1n) is 8.16. The SMILES string of the molecule is COc1ccccc1CN(CC(=O)N1CCCC(C)C1)S(C)(=O)=O. The maximum atomic E-state index is 12.5. The van der Waals surface area contributed by atoms with Gasteiger partial charge in [-0.2, -0.15) is 4.31 Å². The number of hydrogen-bond acceptors (Lipinski definition) is 4. The molecule has 6 nitrogen and oxygen atoms in total. The van der Waals surface area contributed by atoms with Crippen LogP contribution in [0.3, 0.4) is 0 Å². The zero-order valence-electron chi connectivity index (χ0n) is 14.6. The van der Waals surface area contributed by atoms with E-state index in [2.05, 4.69) is 6.92 Å². The van der Waals surface area contributed by atoms with Crippen LogP contribution in [-0.2, 0) is 21.4 Å². The number of carbonyl (C=O) groups is 1. The summed E-state index contributed by atoms with van der Waals surface area (Å²) in [6, 6.07) is 7.24. The topological polar surface area (TPSA) is 66.9 Å². The van der Waals surface area contributed by atoms with E-state index in [0.29, 0.717) is 24.8 Å². The van der Waals surface area contributed by atoms with E-state index < -0.39 is 10.0 Å². The minimum atomic E-state index is -3.51. The fourth-order valence-electron chi connectivity index (χ4n) is 2.98. The van der Waals surface area contributed by atoms with Crippen molar-refractivity contribution < 1.29 is 17.9 Å². The van der Waals surface area contributed by atoms with Crippen molar-refractivity contribution in [1.29, 1.82) is 0 Å². The Morgan fingerprint density at radius 2 is 2.08 bits per heavy atom. The van der Waals surface area contributed by atoms with Gasteiger partial charge in [0.15, 0.2) is 0 Å². The molecule has 0 aromatic heterocycles. The molecule has 134 valence electrons. The van der Waals surface area contributed by atoms with Crippen LogP contribution >= 0.6 is 0 Å². The van der Waals surface area contributed by atoms with Gasteiger partial charge in [-0.15, -0.1) is 0 Å². The van der Waals surface area contributed by atoms with Crippen molar-refractivity contribution in [2.45, 2.75) is 26.3 Å². The van der Waals surface area contributed by atoms with Gasteiger partial charge in [0.05, 0.1) is 19.9 Å². The third-order valence-corrected chi connectivity index (χ3v) is 5.53. The molecule has 1 amide bonds. The lowest BCUT2D eigenvalue weighted by Gasteiger charge is -2.32. The van der Waals surface area contributed by atoms with Gasteiger partial charge in [-0.1, -0.05) is 25.1 Å². The summed E-state index contributed by atoms with van der Waals surface area (Å²) in [7, 11) is -1.96. The van der Waals surface area contributed by atoms with Crippen LogP contribution in [0.25, 0.3) is 0 Å². The van der Waals surface area contributed by atoms with E-state index in [-0.39, 0.29) is 19.0 Å². The van der Waals surface area contributed by atoms with Crippen LogP contribution in [0.4, 0.5) is 0 Å². The summed E-state index contributed by atoms with van der Waals surface area (Å²) >= 11 is 0. The average Bonchev–Trinajstić information content (AvgIpc) is 2.53. The molecule has 1 heterocycles. The lowest BCUT2D eigenvalue weighted by atomic mass is 10.0. The van der Waals surface area contributed by atoms with E-state index in [0.717, 1.165) is 24.7 Å². The van der Waals surface area contributed by atoms with Gasteiger partial charge >= 0.3 is 0 Å². The van der Waals surface area contributed by atoms with Crippen LogP contribution in [0.2, 0.25) is 0 Å². The third-order valence-electron chi connectivity index (χ3n) is 4.33. The van der Waals surface area contributed by atoms with Crippen LogP contribution in [0.15, 0.2) is 24.3 Å². The molecule has 1 saturated heterocycles. The normalized spacial score (nSPS) is 18.7. The maximum Gasteiger partial charge on any atom is 0.237 e. The molecule has 2 rings (SSSR count). The van der Waals surface area contributed by atoms with E-state index in [1.54, 1.807) is 18.1 Å². The van der Waals surface area contributed by atoms with Crippen molar-refractivity contribution in [3.63, 3.8) is 0 Å². The molecule has 0 saturated carbocycles. The Hall–Kier alpha value is -1.60. The lowest BCUT2D eigenvalue weighted by Crippen LogP contribution is -2.45. The number of methoxy groups -OCH3 is 1. The minimum absolute atomic E-state index is 0.123. The molecule has 1 aliphatic heterocycles. The molecular weight excluding hydrogens is 328 g/mol. The molecule has 1 atom stereocenters. The van der Waals surface area contributed by atoms with Crippen LogP contribution < -0.4 is 4.74 Å². The molecule has 0 N–H and O–H groups in total. The van der Waals surface area contributed by atoms with Gasteiger partial charge in [-0.3, -0.25) is 4.79 Å². The molecule has 24 heavy (non-hydrogen) atoms. The van der Waals surface area contributed by atoms with Crippen molar-refractivity contribution in [3.8, 4) is 5.75 Å². The third kappa shape index (κ3) is 4.95. The number of rotatable bonds is 6. The Bertz CT molecular complexity index is 675. The standard InChI is InChI=1S/C17H26N2O4S/c1-14-7-6-10-18(11-14)17(20)13-19(24(3,21)22)12-15-8-4-5-9-16(15)23-2/h4-5,8-9,14H,6-7,10-13H2,1-3H3. The molecule has 0 spiro atoms. The average molecular weight is 354 g/mol. The van der Waals surface area contributed by atoms with Gasteiger partial charge in [0.25, 0.3) is 0 Å². The molecule has 1 fully saturated rings. The quantitative estimate of drug-likeness (QED) is 0.780. The smallest absolute Gasteiger partial charge is 0.237 e. The van der Waals surface area contributed by atoms with Crippen molar-refractivity contribution in [2.75, 3.05) is 33.0 Å². The van der Waals surface area contributed by atoms with Gasteiger partial charge in [-0.05, 0) is 24.8 Å². The van der Waals surface area contributed by atoms with Crippen molar-refractivity contribution in [3.05, 3.63) is 29.8 Å². The maximum absolute atomic E-state index is 12.5. The molecule has 1 aliphatic rings. The predicted molar refractivity (Wildman–Crippen MR) is 93.2 cm³/mol. The molecular formula is C17H26N2O4S. The van der Waals surface area contributed by atoms with E-state index in [1.165, 1.54) is 4.31 Å². The van der Waals surface area contributed by atoms with E-state index in [9.17, 15) is 13.2 Å². The second-order valence-corrected chi connectivity index (χ2v) is 8.41. The Balaban J connectivity index is 2.13. The van der Waals surface area contributed by atoms with E-state index >= 15 is 0 Å². The molecule has 0 radical (unpaired) electrons. The number of nitrogens with zero attached hydrogens (tertiary/aromatic N) is 2. The number of ether oxygens (including phenoxy) is 1. The van der Waals surface area contributed by atoms with Gasteiger partial charge in [0, 0.05) is 25.2 Å². The number of para-hydroxylation sites is 1. The Labute approximate surface area is 144 Å². The molecule has 0 bridgehead atoms. The highest BCUT2D eigenvalue weighted by Gasteiger charge is 2.27. The fraction of sp³-hybridized carbons (Fsp3) is 0.588. The van der Waals surface area contributed by atoms with Gasteiger partial charge in [0.2, 0.25) is 15.9 Å². The summed E-state index contributed by atoms with van der Waals surface area (Å²) in [5, 5.41) is 0. The molecule has 1 unspecified atom stereocenters. The Morgan fingerprint density at radius 3 is 2.71 bits per heavy atom. The van der Waals surface area contributed by atoms with Gasteiger partial charge < -0.3 is 9.64 Å². The monoisotopic (exact) mass is 354 g/mol. The first-order valence-corrected chi connectivity index (χ1v) is 10.0. The highest BCUT2D eigenvalue weighted by atomic mass is 32.2. The first kappa shape index (κ1) is 18.7. The summed E-state index contributed by atoms with van der Waals surface area (Å²) in [5.41, 5.74) is 0.741. The second-order valence-electron chi connectivity index (χ2n) is 6.43. The highest BCUT2D eigenvalue weighted by molar-refractivity contribution is 7.88. The number of sulfonamides is 1. The Kier molecular flexibility index (Phi) is 6.23. The number of benzene rings is 1. The second kappa shape index (κ2) is 7.98. The van der Waals surface area contributed by atoms with Crippen molar-refractivity contribution in [2.24, 2.45) is 5.92 Å². The minimum Gasteiger partial charge on any atom is -0.496 e. The number of amides is 1. The zero-order valence-corrected chi connectivity index (χ0v) is 15.4. The summed E-state index contributed by atoms with van der Waals surface area (Å²) < 4.78 is 30.8. The number of carbonyl (C=O) groups excluding carboxylic acids is 1. The van der Waals surface area contributed by atoms with E-state index in [4.69, 9.17) is 4.74 Å². The van der Waals surface area contributed by atoms with Crippen molar-refractivity contribution in [1.82, 2.24) is 9.21 Å². The summed E-state index contributed by atoms with van der Waals surface area (Å²) in [5.74, 6) is 0.940. The fourth-order valence-corrected chi connectivity index (χ4v) is 3.70. The first-order chi connectivity index (χ1) is 11.3. The van der Waals surface area contributed by atoms with Gasteiger partial charge in [0.1, 0.15) is 5.75 Å². The van der Waals surface area contributed by atoms with Crippen molar-refractivity contribution >= 4 is 15.9 Å².